The van der Waals surface area contributed by atoms with E-state index in [1.807, 2.05) is 24.7 Å². The number of rotatable bonds is 1. The molecule has 0 bridgehead atoms. The zero-order valence-electron chi connectivity index (χ0n) is 12.4. The van der Waals surface area contributed by atoms with Crippen LogP contribution in [0, 0.1) is 11.3 Å². The number of aromatic nitrogens is 3. The molecule has 22 heavy (non-hydrogen) atoms. The van der Waals surface area contributed by atoms with Gasteiger partial charge < -0.3 is 9.30 Å². The summed E-state index contributed by atoms with van der Waals surface area (Å²) in [4.78, 5) is 8.95. The maximum atomic E-state index is 9.16. The minimum absolute atomic E-state index is 0.263. The lowest BCUT2D eigenvalue weighted by atomic mass is 10.0. The minimum atomic E-state index is 0.263. The summed E-state index contributed by atoms with van der Waals surface area (Å²) < 4.78 is 7.89. The van der Waals surface area contributed by atoms with E-state index in [1.165, 1.54) is 0 Å². The first-order valence-corrected chi connectivity index (χ1v) is 7.53. The van der Waals surface area contributed by atoms with Gasteiger partial charge in [0, 0.05) is 18.0 Å². The van der Waals surface area contributed by atoms with Gasteiger partial charge in [0.25, 0.3) is 0 Å². The number of hydrogen-bond donors (Lipinski definition) is 0. The smallest absolute Gasteiger partial charge is 0.107 e. The van der Waals surface area contributed by atoms with Crippen molar-refractivity contribution >= 4 is 21.9 Å². The van der Waals surface area contributed by atoms with Gasteiger partial charge in [-0.1, -0.05) is 0 Å². The van der Waals surface area contributed by atoms with Crippen LogP contribution in [0.5, 0.6) is 0 Å². The van der Waals surface area contributed by atoms with Crippen LogP contribution >= 0.6 is 0 Å². The molecule has 0 unspecified atom stereocenters. The molecule has 0 spiro atoms. The zero-order chi connectivity index (χ0) is 15.1. The number of benzene rings is 1. The van der Waals surface area contributed by atoms with Crippen molar-refractivity contribution in [3.05, 3.63) is 36.3 Å². The number of hydrogen-bond acceptors (Lipinski definition) is 4. The van der Waals surface area contributed by atoms with Crippen molar-refractivity contribution in [2.24, 2.45) is 0 Å². The molecule has 0 saturated carbocycles. The predicted molar refractivity (Wildman–Crippen MR) is 83.4 cm³/mol. The van der Waals surface area contributed by atoms with Gasteiger partial charge in [0.1, 0.15) is 5.52 Å². The van der Waals surface area contributed by atoms with E-state index in [2.05, 4.69) is 27.5 Å². The second kappa shape index (κ2) is 5.08. The van der Waals surface area contributed by atoms with Gasteiger partial charge in [-0.15, -0.1) is 0 Å². The topological polar surface area (TPSA) is 63.7 Å². The highest BCUT2D eigenvalue weighted by molar-refractivity contribution is 6.02. The molecule has 110 valence electrons. The Labute approximate surface area is 128 Å². The van der Waals surface area contributed by atoms with Crippen molar-refractivity contribution < 1.29 is 4.74 Å². The molecule has 2 atom stereocenters. The highest BCUT2D eigenvalue weighted by Gasteiger charge is 2.23. The van der Waals surface area contributed by atoms with Crippen LogP contribution in [-0.4, -0.2) is 27.2 Å². The number of imidazole rings is 1. The fourth-order valence-corrected chi connectivity index (χ4v) is 3.29. The van der Waals surface area contributed by atoms with E-state index >= 15 is 0 Å². The monoisotopic (exact) mass is 292 g/mol. The highest BCUT2D eigenvalue weighted by Crippen LogP contribution is 2.31. The van der Waals surface area contributed by atoms with Gasteiger partial charge in [-0.3, -0.25) is 4.98 Å². The van der Waals surface area contributed by atoms with E-state index in [0.29, 0.717) is 11.6 Å². The summed E-state index contributed by atoms with van der Waals surface area (Å²) in [6.07, 6.45) is 5.93. The molecular formula is C17H16N4O. The molecule has 4 rings (SSSR count). The minimum Gasteiger partial charge on any atom is -0.378 e. The quantitative estimate of drug-likeness (QED) is 0.691. The van der Waals surface area contributed by atoms with Crippen LogP contribution in [0.1, 0.15) is 31.4 Å². The lowest BCUT2D eigenvalue weighted by Gasteiger charge is -2.28. The number of nitriles is 1. The first-order valence-electron chi connectivity index (χ1n) is 7.53. The first-order chi connectivity index (χ1) is 10.8. The second-order valence-electron chi connectivity index (χ2n) is 5.85. The Morgan fingerprint density at radius 3 is 3.05 bits per heavy atom. The standard InChI is InChI=1S/C17H16N4O/c1-11-6-13(4-5-22-11)21-10-20-16-9-19-15-3-2-12(8-18)7-14(15)17(16)21/h2-3,7,9-11,13H,4-6H2,1H3/t11-,13-/m1/s1. The molecule has 3 aromatic rings. The third kappa shape index (κ3) is 2.04. The molecule has 1 saturated heterocycles. The van der Waals surface area contributed by atoms with Crippen molar-refractivity contribution in [1.82, 2.24) is 14.5 Å². The molecule has 1 aliphatic heterocycles. The predicted octanol–water partition coefficient (Wildman–Crippen LogP) is 3.20. The van der Waals surface area contributed by atoms with E-state index < -0.39 is 0 Å². The van der Waals surface area contributed by atoms with Gasteiger partial charge in [-0.2, -0.15) is 5.26 Å². The Morgan fingerprint density at radius 2 is 2.23 bits per heavy atom. The Balaban J connectivity index is 1.95. The molecule has 1 fully saturated rings. The summed E-state index contributed by atoms with van der Waals surface area (Å²) in [7, 11) is 0. The Kier molecular flexibility index (Phi) is 3.05. The highest BCUT2D eigenvalue weighted by atomic mass is 16.5. The number of fused-ring (bicyclic) bond motifs is 3. The molecule has 5 nitrogen and oxygen atoms in total. The summed E-state index contributed by atoms with van der Waals surface area (Å²) >= 11 is 0. The molecule has 3 heterocycles. The molecule has 2 aromatic heterocycles. The van der Waals surface area contributed by atoms with Crippen LogP contribution in [0.2, 0.25) is 0 Å². The van der Waals surface area contributed by atoms with Crippen LogP contribution < -0.4 is 0 Å². The molecule has 5 heteroatoms. The van der Waals surface area contributed by atoms with Gasteiger partial charge in [0.15, 0.2) is 0 Å². The Hall–Kier alpha value is -2.45. The third-order valence-electron chi connectivity index (χ3n) is 4.38. The van der Waals surface area contributed by atoms with E-state index in [9.17, 15) is 0 Å². The summed E-state index contributed by atoms with van der Waals surface area (Å²) in [5.41, 5.74) is 3.49. The van der Waals surface area contributed by atoms with Crippen molar-refractivity contribution in [3.63, 3.8) is 0 Å². The number of ether oxygens (including phenoxy) is 1. The van der Waals surface area contributed by atoms with Crippen LogP contribution in [0.3, 0.4) is 0 Å². The van der Waals surface area contributed by atoms with Gasteiger partial charge in [-0.05, 0) is 38.0 Å². The summed E-state index contributed by atoms with van der Waals surface area (Å²) in [5, 5.41) is 10.2. The number of nitrogens with zero attached hydrogens (tertiary/aromatic N) is 4. The van der Waals surface area contributed by atoms with Gasteiger partial charge in [0.2, 0.25) is 0 Å². The van der Waals surface area contributed by atoms with E-state index in [-0.39, 0.29) is 6.10 Å². The average molecular weight is 292 g/mol. The van der Waals surface area contributed by atoms with Crippen molar-refractivity contribution in [2.75, 3.05) is 6.61 Å². The number of pyridine rings is 1. The van der Waals surface area contributed by atoms with Gasteiger partial charge >= 0.3 is 0 Å². The maximum Gasteiger partial charge on any atom is 0.107 e. The lowest BCUT2D eigenvalue weighted by Crippen LogP contribution is -2.25. The Bertz CT molecular complexity index is 893. The molecule has 1 aliphatic rings. The average Bonchev–Trinajstić information content (AvgIpc) is 2.99. The maximum absolute atomic E-state index is 9.16. The second-order valence-corrected chi connectivity index (χ2v) is 5.85. The molecule has 1 aromatic carbocycles. The van der Waals surface area contributed by atoms with Crippen LogP contribution in [0.25, 0.3) is 21.9 Å². The van der Waals surface area contributed by atoms with Gasteiger partial charge in [0.05, 0.1) is 41.3 Å². The van der Waals surface area contributed by atoms with Gasteiger partial charge in [-0.25, -0.2) is 4.98 Å². The molecule has 0 radical (unpaired) electrons. The normalized spacial score (nSPS) is 22.0. The molecular weight excluding hydrogens is 276 g/mol. The first kappa shape index (κ1) is 13.2. The van der Waals surface area contributed by atoms with Crippen molar-refractivity contribution in [3.8, 4) is 6.07 Å². The summed E-state index contributed by atoms with van der Waals surface area (Å²) in [6.45, 7) is 2.89. The van der Waals surface area contributed by atoms with Crippen molar-refractivity contribution in [2.45, 2.75) is 31.9 Å². The van der Waals surface area contributed by atoms with E-state index in [0.717, 1.165) is 41.4 Å². The van der Waals surface area contributed by atoms with Crippen molar-refractivity contribution in [1.29, 1.82) is 5.26 Å². The lowest BCUT2D eigenvalue weighted by molar-refractivity contribution is 0.00674. The molecule has 0 aliphatic carbocycles. The van der Waals surface area contributed by atoms with E-state index in [1.54, 1.807) is 6.07 Å². The fraction of sp³-hybridized carbons (Fsp3) is 0.353. The third-order valence-corrected chi connectivity index (χ3v) is 4.38. The SMILES string of the molecule is C[C@@H]1C[C@H](n2cnc3cnc4ccc(C#N)cc4c32)CCO1. The van der Waals surface area contributed by atoms with Crippen LogP contribution in [0.4, 0.5) is 0 Å². The summed E-state index contributed by atoms with van der Waals surface area (Å²) in [6, 6.07) is 8.20. The largest absolute Gasteiger partial charge is 0.378 e. The zero-order valence-corrected chi connectivity index (χ0v) is 12.4. The van der Waals surface area contributed by atoms with Crippen LogP contribution in [-0.2, 0) is 4.74 Å². The molecule has 0 N–H and O–H groups in total. The van der Waals surface area contributed by atoms with E-state index in [4.69, 9.17) is 10.00 Å². The summed E-state index contributed by atoms with van der Waals surface area (Å²) in [5.74, 6) is 0. The Morgan fingerprint density at radius 1 is 1.32 bits per heavy atom. The fourth-order valence-electron chi connectivity index (χ4n) is 3.29. The van der Waals surface area contributed by atoms with Crippen LogP contribution in [0.15, 0.2) is 30.7 Å². The molecule has 0 amide bonds.